The highest BCUT2D eigenvalue weighted by Crippen LogP contribution is 2.30. The number of amides is 1. The van der Waals surface area contributed by atoms with E-state index in [1.165, 1.54) is 0 Å². The molecule has 2 rings (SSSR count). The zero-order valence-corrected chi connectivity index (χ0v) is 42.4. The van der Waals surface area contributed by atoms with Gasteiger partial charge in [-0.2, -0.15) is 0 Å². The summed E-state index contributed by atoms with van der Waals surface area (Å²) >= 11 is 0. The van der Waals surface area contributed by atoms with E-state index in [0.29, 0.717) is 19.3 Å². The largest absolute Gasteiger partial charge is 0.394 e. The molecule has 0 aromatic heterocycles. The van der Waals surface area contributed by atoms with Crippen molar-refractivity contribution < 1.29 is 64.6 Å². The number of carbonyl (C=O) groups is 1. The Morgan fingerprint density at radius 2 is 0.958 bits per heavy atom. The van der Waals surface area contributed by atoms with E-state index in [-0.39, 0.29) is 18.9 Å². The van der Waals surface area contributed by atoms with Crippen LogP contribution in [0, 0.1) is 0 Å². The Hall–Kier alpha value is -3.87. The van der Waals surface area contributed by atoms with Gasteiger partial charge >= 0.3 is 0 Å². The molecule has 1 amide bonds. The number of aliphatic hydroxyl groups excluding tert-OH is 8. The third kappa shape index (κ3) is 28.2. The van der Waals surface area contributed by atoms with Crippen molar-refractivity contribution in [1.29, 1.82) is 0 Å². The molecule has 0 aliphatic carbocycles. The molecule has 2 fully saturated rings. The van der Waals surface area contributed by atoms with Gasteiger partial charge in [0.2, 0.25) is 5.91 Å². The number of allylic oxidation sites excluding steroid dienone is 21. The summed E-state index contributed by atoms with van der Waals surface area (Å²) in [6, 6.07) is -0.970. The van der Waals surface area contributed by atoms with Crippen molar-refractivity contribution in [2.45, 2.75) is 197 Å². The van der Waals surface area contributed by atoms with Gasteiger partial charge in [-0.25, -0.2) is 0 Å². The summed E-state index contributed by atoms with van der Waals surface area (Å²) in [5, 5.41) is 86.4. The number of unbranched alkanes of at least 4 members (excludes halogenated alkanes) is 4. The summed E-state index contributed by atoms with van der Waals surface area (Å²) in [7, 11) is 0. The van der Waals surface area contributed by atoms with Crippen molar-refractivity contribution in [3.05, 3.63) is 134 Å². The van der Waals surface area contributed by atoms with E-state index in [4.69, 9.17) is 18.9 Å². The molecule has 9 N–H and O–H groups in total. The lowest BCUT2D eigenvalue weighted by molar-refractivity contribution is -0.359. The molecule has 2 saturated heterocycles. The number of carbonyl (C=O) groups excluding carboxylic acids is 1. The first-order valence-corrected chi connectivity index (χ1v) is 25.9. The molecular formula is C57H89NO13. The Morgan fingerprint density at radius 3 is 1.46 bits per heavy atom. The quantitative estimate of drug-likeness (QED) is 0.0221. The number of hydrogen-bond acceptors (Lipinski definition) is 13. The van der Waals surface area contributed by atoms with Gasteiger partial charge in [0.1, 0.15) is 48.8 Å². The predicted octanol–water partition coefficient (Wildman–Crippen LogP) is 7.26. The molecule has 0 saturated carbocycles. The molecule has 2 aliphatic heterocycles. The van der Waals surface area contributed by atoms with Gasteiger partial charge in [0.15, 0.2) is 12.6 Å². The molecule has 2 heterocycles. The lowest BCUT2D eigenvalue weighted by Crippen LogP contribution is -2.65. The number of aliphatic hydroxyl groups is 8. The molecule has 14 nitrogen and oxygen atoms in total. The van der Waals surface area contributed by atoms with E-state index in [0.717, 1.165) is 83.5 Å². The SMILES string of the molecule is CC/C=C\C/C=C\C/C=C\C/C=C\C/C=C\C/C=C\C/C=C\C/C=C\C/C=C\CCCC(=O)NC(COC1OC(CO)C(OC2OC(CO)C(O)C(O)C2O)C(O)C1O)C(O)/C=C/CC/C=C/CCCC. The molecule has 0 radical (unpaired) electrons. The highest BCUT2D eigenvalue weighted by molar-refractivity contribution is 5.76. The maximum atomic E-state index is 13.1. The van der Waals surface area contributed by atoms with Crippen LogP contribution >= 0.6 is 0 Å². The Kier molecular flexibility index (Phi) is 37.0. The highest BCUT2D eigenvalue weighted by atomic mass is 16.7. The third-order valence-electron chi connectivity index (χ3n) is 11.6. The van der Waals surface area contributed by atoms with E-state index in [2.05, 4.69) is 135 Å². The number of hydrogen-bond donors (Lipinski definition) is 9. The molecule has 71 heavy (non-hydrogen) atoms. The Morgan fingerprint density at radius 1 is 0.521 bits per heavy atom. The van der Waals surface area contributed by atoms with Crippen molar-refractivity contribution in [1.82, 2.24) is 5.32 Å². The van der Waals surface area contributed by atoms with Gasteiger partial charge < -0.3 is 65.1 Å². The second-order valence-electron chi connectivity index (χ2n) is 17.6. The number of nitrogens with one attached hydrogen (secondary N) is 1. The van der Waals surface area contributed by atoms with Crippen LogP contribution in [-0.4, -0.2) is 140 Å². The molecule has 14 heteroatoms. The maximum Gasteiger partial charge on any atom is 0.220 e. The Balaban J connectivity index is 1.76. The van der Waals surface area contributed by atoms with E-state index >= 15 is 0 Å². The molecule has 2 aliphatic rings. The minimum absolute atomic E-state index is 0.183. The first kappa shape index (κ1) is 63.2. The highest BCUT2D eigenvalue weighted by Gasteiger charge is 2.51. The van der Waals surface area contributed by atoms with Gasteiger partial charge in [-0.15, -0.1) is 0 Å². The van der Waals surface area contributed by atoms with Crippen LogP contribution in [0.15, 0.2) is 134 Å². The fraction of sp³-hybridized carbons (Fsp3) is 0.596. The molecule has 0 aromatic carbocycles. The lowest BCUT2D eigenvalue weighted by Gasteiger charge is -2.46. The minimum Gasteiger partial charge on any atom is -0.394 e. The van der Waals surface area contributed by atoms with Gasteiger partial charge in [-0.05, 0) is 89.9 Å². The van der Waals surface area contributed by atoms with Crippen LogP contribution in [0.4, 0.5) is 0 Å². The second kappa shape index (κ2) is 41.6. The number of ether oxygens (including phenoxy) is 4. The van der Waals surface area contributed by atoms with Crippen molar-refractivity contribution in [2.75, 3.05) is 19.8 Å². The summed E-state index contributed by atoms with van der Waals surface area (Å²) in [6.07, 6.45) is 43.9. The molecule has 12 atom stereocenters. The van der Waals surface area contributed by atoms with Crippen LogP contribution in [0.1, 0.15) is 123 Å². The van der Waals surface area contributed by atoms with Crippen molar-refractivity contribution in [2.24, 2.45) is 0 Å². The first-order chi connectivity index (χ1) is 34.6. The Labute approximate surface area is 424 Å². The van der Waals surface area contributed by atoms with Gasteiger partial charge in [0.05, 0.1) is 32.0 Å². The topological polar surface area (TPSA) is 228 Å². The fourth-order valence-corrected chi connectivity index (χ4v) is 7.35. The van der Waals surface area contributed by atoms with Crippen LogP contribution in [0.3, 0.4) is 0 Å². The third-order valence-corrected chi connectivity index (χ3v) is 11.6. The number of rotatable bonds is 37. The molecular weight excluding hydrogens is 907 g/mol. The smallest absolute Gasteiger partial charge is 0.220 e. The first-order valence-electron chi connectivity index (χ1n) is 25.9. The summed E-state index contributed by atoms with van der Waals surface area (Å²) in [5.74, 6) is -0.319. The average Bonchev–Trinajstić information content (AvgIpc) is 3.37. The predicted molar refractivity (Wildman–Crippen MR) is 281 cm³/mol. The van der Waals surface area contributed by atoms with Gasteiger partial charge in [-0.1, -0.05) is 160 Å². The standard InChI is InChI=1S/C57H89NO13/c1-3-5-7-9-11-13-14-15-16-17-18-19-20-21-22-23-24-25-26-27-28-29-30-31-32-33-35-37-39-41-49(62)58-45(46(61)40-38-36-34-12-10-8-6-4-2)44-68-56-54(67)52(65)55(48(43-60)70-56)71-57-53(66)51(64)50(63)47(42-59)69-57/h5,7,10-13,15-16,18-19,21-22,24-25,27-28,30-31,33,35,38,40,45-48,50-57,59-61,63-67H,3-4,6,8-9,14,17,20,23,26,29,32,34,36-37,39,41-44H2,1-2H3,(H,58,62)/b7-5-,12-10+,13-11-,16-15-,19-18-,22-21-,25-24-,28-27-,31-30-,35-33-,40-38+. The zero-order chi connectivity index (χ0) is 51.7. The molecule has 0 spiro atoms. The molecule has 0 bridgehead atoms. The monoisotopic (exact) mass is 996 g/mol. The molecule has 12 unspecified atom stereocenters. The molecule has 400 valence electrons. The second-order valence-corrected chi connectivity index (χ2v) is 17.6. The van der Waals surface area contributed by atoms with Crippen molar-refractivity contribution >= 4 is 5.91 Å². The minimum atomic E-state index is -1.80. The van der Waals surface area contributed by atoms with E-state index in [1.54, 1.807) is 6.08 Å². The van der Waals surface area contributed by atoms with Crippen LogP contribution in [0.2, 0.25) is 0 Å². The average molecular weight is 996 g/mol. The van der Waals surface area contributed by atoms with Gasteiger partial charge in [0, 0.05) is 6.42 Å². The van der Waals surface area contributed by atoms with E-state index in [1.807, 2.05) is 12.2 Å². The summed E-state index contributed by atoms with van der Waals surface area (Å²) in [5.41, 5.74) is 0. The van der Waals surface area contributed by atoms with Crippen molar-refractivity contribution in [3.8, 4) is 0 Å². The summed E-state index contributed by atoms with van der Waals surface area (Å²) in [6.45, 7) is 2.49. The normalized spacial score (nSPS) is 26.9. The zero-order valence-electron chi connectivity index (χ0n) is 42.4. The maximum absolute atomic E-state index is 13.1. The van der Waals surface area contributed by atoms with Crippen LogP contribution in [0.5, 0.6) is 0 Å². The molecule has 0 aromatic rings. The van der Waals surface area contributed by atoms with Gasteiger partial charge in [-0.3, -0.25) is 4.79 Å². The summed E-state index contributed by atoms with van der Waals surface area (Å²) in [4.78, 5) is 13.1. The Bertz CT molecular complexity index is 1700. The van der Waals surface area contributed by atoms with Gasteiger partial charge in [0.25, 0.3) is 0 Å². The van der Waals surface area contributed by atoms with Crippen LogP contribution in [0.25, 0.3) is 0 Å². The van der Waals surface area contributed by atoms with Crippen LogP contribution in [-0.2, 0) is 23.7 Å². The van der Waals surface area contributed by atoms with E-state index in [9.17, 15) is 45.6 Å². The fourth-order valence-electron chi connectivity index (χ4n) is 7.35. The van der Waals surface area contributed by atoms with Crippen LogP contribution < -0.4 is 5.32 Å². The summed E-state index contributed by atoms with van der Waals surface area (Å²) < 4.78 is 22.6. The van der Waals surface area contributed by atoms with Crippen molar-refractivity contribution in [3.63, 3.8) is 0 Å². The lowest BCUT2D eigenvalue weighted by atomic mass is 9.97. The van der Waals surface area contributed by atoms with E-state index < -0.39 is 86.8 Å².